The molecule has 160 valence electrons. The van der Waals surface area contributed by atoms with Crippen LogP contribution >= 0.6 is 39.1 Å². The Morgan fingerprint density at radius 3 is 0.323 bits per heavy atom. The maximum absolute atomic E-state index is 8.66. The molecule has 0 unspecified atom stereocenters. The molecular weight excluding hydrogens is 715 g/mol. The summed E-state index contributed by atoms with van der Waals surface area (Å²) in [5, 5.41) is 0. The van der Waals surface area contributed by atoms with Gasteiger partial charge in [-0.1, -0.05) is 0 Å². The first kappa shape index (κ1) is 71.9. The third-order valence-electron chi connectivity index (χ3n) is 0. The Morgan fingerprint density at radius 2 is 0.323 bits per heavy atom. The summed E-state index contributed by atoms with van der Waals surface area (Å²) in [6.07, 6.45) is 0. The van der Waals surface area contributed by atoms with E-state index in [-0.39, 0.29) is 226 Å². The second kappa shape index (κ2) is 36.1. The van der Waals surface area contributed by atoms with Gasteiger partial charge in [-0.2, -0.15) is 15.6 Å². The molecule has 0 aromatic heterocycles. The van der Waals surface area contributed by atoms with Gasteiger partial charge in [-0.15, -0.1) is 0 Å². The van der Waals surface area contributed by atoms with Gasteiger partial charge in [0.2, 0.25) is 0 Å². The van der Waals surface area contributed by atoms with E-state index in [0.717, 1.165) is 0 Å². The molecular formula is H3Ca6O20P5. The summed E-state index contributed by atoms with van der Waals surface area (Å²) < 4.78 is 43.1. The molecule has 31 heteroatoms. The standard InChI is InChI=1S/6Ca.5H3O4P/c;;;;;;5*1-5(2,3)4/h;;;;;;5*(H3,1,2,3,4)/q6*+2;;;;;/p-12. The van der Waals surface area contributed by atoms with Gasteiger partial charge in [0, 0.05) is 0 Å². The predicted molar refractivity (Wildman–Crippen MR) is 79.2 cm³/mol. The van der Waals surface area contributed by atoms with Crippen molar-refractivity contribution < 1.29 is 96.2 Å². The van der Waals surface area contributed by atoms with Gasteiger partial charge >= 0.3 is 226 Å². The summed E-state index contributed by atoms with van der Waals surface area (Å²) in [4.78, 5) is 124. The maximum atomic E-state index is 8.66. The smallest absolute Gasteiger partial charge is 0.822 e. The number of phosphoric acid groups is 5. The Labute approximate surface area is 353 Å². The quantitative estimate of drug-likeness (QED) is 0.154. The van der Waals surface area contributed by atoms with E-state index in [9.17, 15) is 0 Å². The van der Waals surface area contributed by atoms with E-state index in [4.69, 9.17) is 96.2 Å². The molecule has 0 heterocycles. The minimum Gasteiger partial charge on any atom is -0.822 e. The zero-order valence-corrected chi connectivity index (χ0v) is 32.5. The molecule has 0 aliphatic heterocycles. The molecule has 0 radical (unpaired) electrons. The Morgan fingerprint density at radius 1 is 0.323 bits per heavy atom. The van der Waals surface area contributed by atoms with E-state index in [1.807, 2.05) is 0 Å². The topological polar surface area (TPSA) is 423 Å². The van der Waals surface area contributed by atoms with Gasteiger partial charge in [-0.05, 0) is 0 Å². The summed E-state index contributed by atoms with van der Waals surface area (Å²) in [7, 11) is -26.2. The Hall–Kier alpha value is 8.11. The fourth-order valence-electron chi connectivity index (χ4n) is 0. The van der Waals surface area contributed by atoms with E-state index in [1.165, 1.54) is 0 Å². The average molecular weight is 718 g/mol. The van der Waals surface area contributed by atoms with Crippen molar-refractivity contribution in [3.63, 3.8) is 0 Å². The van der Waals surface area contributed by atoms with Crippen molar-refractivity contribution in [2.75, 3.05) is 0 Å². The van der Waals surface area contributed by atoms with Gasteiger partial charge in [-0.25, -0.2) is 0 Å². The molecule has 0 rings (SSSR count). The second-order valence-corrected chi connectivity index (χ2v) is 6.90. The zero-order chi connectivity index (χ0) is 22.5. The molecule has 0 bridgehead atoms. The minimum absolute atomic E-state index is 0. The largest absolute Gasteiger partial charge is 2.00 e. The molecule has 0 saturated carbocycles. The SMILES string of the molecule is O=P([O-])([O-])O.O=P([O-])([O-])O.O=P([O-])([O-])O.O=P([O-])([O-])[O-].O=P([O-])([O-])[O-].[Ca+2].[Ca+2].[Ca+2].[Ca+2].[Ca+2].[Ca+2]. The summed E-state index contributed by atoms with van der Waals surface area (Å²) >= 11 is 0. The van der Waals surface area contributed by atoms with Gasteiger partial charge in [0.15, 0.2) is 0 Å². The first-order chi connectivity index (χ1) is 10.0. The van der Waals surface area contributed by atoms with Crippen molar-refractivity contribution in [1.29, 1.82) is 0 Å². The van der Waals surface area contributed by atoms with Gasteiger partial charge in [0.25, 0.3) is 0 Å². The number of hydrogen-bond acceptors (Lipinski definition) is 17. The van der Waals surface area contributed by atoms with Crippen LogP contribution in [-0.4, -0.2) is 241 Å². The van der Waals surface area contributed by atoms with Crippen molar-refractivity contribution in [3.05, 3.63) is 0 Å². The third kappa shape index (κ3) is 756. The molecule has 0 fully saturated rings. The number of rotatable bonds is 0. The molecule has 0 aliphatic rings. The van der Waals surface area contributed by atoms with E-state index in [1.54, 1.807) is 0 Å². The first-order valence-electron chi connectivity index (χ1n) is 3.70. The van der Waals surface area contributed by atoms with Crippen molar-refractivity contribution in [1.82, 2.24) is 0 Å². The monoisotopic (exact) mass is 718 g/mol. The minimum atomic E-state index is -5.39. The van der Waals surface area contributed by atoms with Gasteiger partial charge < -0.3 is 96.2 Å². The third-order valence-corrected chi connectivity index (χ3v) is 0. The Kier molecular flexibility index (Phi) is 83.8. The van der Waals surface area contributed by atoms with Gasteiger partial charge in [-0.3, -0.25) is 0 Å². The molecule has 0 aromatic rings. The van der Waals surface area contributed by atoms with Crippen LogP contribution in [0, 0.1) is 0 Å². The second-order valence-electron chi connectivity index (χ2n) is 2.30. The molecule has 0 aromatic carbocycles. The maximum Gasteiger partial charge on any atom is 2.00 e. The Bertz CT molecular complexity index is 387. The van der Waals surface area contributed by atoms with Crippen LogP contribution in [0.25, 0.3) is 0 Å². The zero-order valence-electron chi connectivity index (χ0n) is 14.8. The van der Waals surface area contributed by atoms with E-state index in [0.29, 0.717) is 0 Å². The normalized spacial score (nSPS) is 9.52. The molecule has 0 saturated heterocycles. The van der Waals surface area contributed by atoms with E-state index < -0.39 is 39.1 Å². The van der Waals surface area contributed by atoms with Crippen LogP contribution in [0.1, 0.15) is 0 Å². The fourth-order valence-corrected chi connectivity index (χ4v) is 0. The van der Waals surface area contributed by atoms with Crippen LogP contribution in [0.15, 0.2) is 0 Å². The first-order valence-corrected chi connectivity index (χ1v) is 11.1. The van der Waals surface area contributed by atoms with Crippen molar-refractivity contribution >= 4 is 266 Å². The summed E-state index contributed by atoms with van der Waals surface area (Å²) in [5.74, 6) is 0. The summed E-state index contributed by atoms with van der Waals surface area (Å²) in [5.41, 5.74) is 0. The van der Waals surface area contributed by atoms with Crippen molar-refractivity contribution in [2.24, 2.45) is 0 Å². The molecule has 20 nitrogen and oxygen atoms in total. The fraction of sp³-hybridized carbons (Fsp3) is 0. The van der Waals surface area contributed by atoms with Crippen LogP contribution in [0.5, 0.6) is 0 Å². The van der Waals surface area contributed by atoms with Crippen molar-refractivity contribution in [2.45, 2.75) is 0 Å². The molecule has 0 aliphatic carbocycles. The van der Waals surface area contributed by atoms with Crippen LogP contribution in [0.2, 0.25) is 0 Å². The predicted octanol–water partition coefficient (Wildman–Crippen LogP) is -14.5. The molecule has 0 spiro atoms. The molecule has 31 heavy (non-hydrogen) atoms. The summed E-state index contributed by atoms with van der Waals surface area (Å²) in [6.45, 7) is 0. The van der Waals surface area contributed by atoms with Crippen molar-refractivity contribution in [3.8, 4) is 0 Å². The summed E-state index contributed by atoms with van der Waals surface area (Å²) in [6, 6.07) is 0. The van der Waals surface area contributed by atoms with Gasteiger partial charge in [0.1, 0.15) is 0 Å². The molecule has 0 atom stereocenters. The molecule has 0 amide bonds. The van der Waals surface area contributed by atoms with Crippen LogP contribution in [-0.2, 0) is 22.8 Å². The van der Waals surface area contributed by atoms with Crippen LogP contribution in [0.3, 0.4) is 0 Å². The number of hydrogen-bond donors (Lipinski definition) is 3. The van der Waals surface area contributed by atoms with E-state index >= 15 is 0 Å². The van der Waals surface area contributed by atoms with E-state index in [2.05, 4.69) is 0 Å². The average Bonchev–Trinajstić information content (AvgIpc) is 1.79. The van der Waals surface area contributed by atoms with Gasteiger partial charge in [0.05, 0.1) is 23.5 Å². The van der Waals surface area contributed by atoms with Crippen LogP contribution in [0.4, 0.5) is 0 Å². The molecule has 3 N–H and O–H groups in total. The Balaban J connectivity index is -0.0000000171. The van der Waals surface area contributed by atoms with Crippen LogP contribution < -0.4 is 58.7 Å².